The highest BCUT2D eigenvalue weighted by Gasteiger charge is 2.88. The van der Waals surface area contributed by atoms with Crippen molar-refractivity contribution in [3.8, 4) is 0 Å². The largest absolute Gasteiger partial charge is 0.394 e. The number of aliphatic hydroxyl groups excluding tert-OH is 6. The monoisotopic (exact) mass is 396 g/mol. The van der Waals surface area contributed by atoms with E-state index in [1.165, 1.54) is 6.08 Å². The summed E-state index contributed by atoms with van der Waals surface area (Å²) in [4.78, 5) is 0. The molecule has 3 rings (SSSR count). The lowest BCUT2D eigenvalue weighted by molar-refractivity contribution is -0.438. The molecule has 3 aliphatic rings. The van der Waals surface area contributed by atoms with Crippen molar-refractivity contribution in [2.45, 2.75) is 60.1 Å². The summed E-state index contributed by atoms with van der Waals surface area (Å²) >= 11 is 0. The second kappa shape index (κ2) is 6.66. The standard InChI is InChI=1S/C15H24O12/c1-2-3-13(15(23)14(22,27-15)10(20)8(5-17)25-13)26-12(6-18)11(21)9(19)7(4-16)24-12/h2,7-11,16-23H,1,3-6H2/t7-,8-,9-,10-,11+,12?,13+,14-,15-/m1/s1. The molecule has 0 amide bonds. The molecule has 156 valence electrons. The van der Waals surface area contributed by atoms with Crippen molar-refractivity contribution >= 4 is 0 Å². The molecule has 1 unspecified atom stereocenters. The van der Waals surface area contributed by atoms with Crippen molar-refractivity contribution in [1.82, 2.24) is 0 Å². The highest BCUT2D eigenvalue weighted by molar-refractivity contribution is 5.20. The Morgan fingerprint density at radius 3 is 2.07 bits per heavy atom. The van der Waals surface area contributed by atoms with Crippen LogP contribution >= 0.6 is 0 Å². The molecule has 0 aliphatic carbocycles. The Balaban J connectivity index is 2.01. The van der Waals surface area contributed by atoms with Gasteiger partial charge in [-0.2, -0.15) is 0 Å². The normalized spacial score (nSPS) is 54.6. The van der Waals surface area contributed by atoms with Crippen LogP contribution in [0.5, 0.6) is 0 Å². The van der Waals surface area contributed by atoms with Gasteiger partial charge in [0.15, 0.2) is 0 Å². The molecule has 27 heavy (non-hydrogen) atoms. The molecular weight excluding hydrogens is 372 g/mol. The minimum absolute atomic E-state index is 0.410. The van der Waals surface area contributed by atoms with E-state index in [2.05, 4.69) is 6.58 Å². The van der Waals surface area contributed by atoms with Crippen LogP contribution in [-0.4, -0.2) is 114 Å². The van der Waals surface area contributed by atoms with Gasteiger partial charge in [-0.3, -0.25) is 0 Å². The zero-order chi connectivity index (χ0) is 20.3. The van der Waals surface area contributed by atoms with Gasteiger partial charge in [0.2, 0.25) is 11.6 Å². The second-order valence-corrected chi connectivity index (χ2v) is 6.82. The van der Waals surface area contributed by atoms with E-state index in [-0.39, 0.29) is 0 Å². The van der Waals surface area contributed by atoms with E-state index in [9.17, 15) is 40.9 Å². The van der Waals surface area contributed by atoms with Crippen LogP contribution in [0.15, 0.2) is 12.7 Å². The molecule has 3 fully saturated rings. The number of hydrogen-bond donors (Lipinski definition) is 8. The van der Waals surface area contributed by atoms with Gasteiger partial charge in [0.05, 0.1) is 13.2 Å². The fourth-order valence-electron chi connectivity index (χ4n) is 3.63. The first-order valence-electron chi connectivity index (χ1n) is 8.28. The van der Waals surface area contributed by atoms with Crippen LogP contribution in [-0.2, 0) is 18.9 Å². The molecule has 0 aromatic carbocycles. The third-order valence-electron chi connectivity index (χ3n) is 5.20. The molecule has 3 heterocycles. The van der Waals surface area contributed by atoms with Gasteiger partial charge in [0.25, 0.3) is 11.6 Å². The third kappa shape index (κ3) is 2.62. The Hall–Kier alpha value is -0.740. The number of ether oxygens (including phenoxy) is 4. The second-order valence-electron chi connectivity index (χ2n) is 6.82. The summed E-state index contributed by atoms with van der Waals surface area (Å²) in [6, 6.07) is 0. The summed E-state index contributed by atoms with van der Waals surface area (Å²) < 4.78 is 21.2. The molecule has 0 spiro atoms. The van der Waals surface area contributed by atoms with Crippen LogP contribution in [0.4, 0.5) is 0 Å². The molecule has 0 radical (unpaired) electrons. The van der Waals surface area contributed by atoms with Gasteiger partial charge in [-0.05, 0) is 0 Å². The summed E-state index contributed by atoms with van der Waals surface area (Å²) in [5.74, 6) is -10.0. The maximum absolute atomic E-state index is 10.7. The van der Waals surface area contributed by atoms with Gasteiger partial charge in [-0.25, -0.2) is 0 Å². The number of epoxide rings is 1. The maximum Gasteiger partial charge on any atom is 0.283 e. The van der Waals surface area contributed by atoms with Gasteiger partial charge < -0.3 is 59.8 Å². The minimum Gasteiger partial charge on any atom is -0.394 e. The van der Waals surface area contributed by atoms with E-state index >= 15 is 0 Å². The number of fused-ring (bicyclic) bond motifs is 1. The highest BCUT2D eigenvalue weighted by atomic mass is 16.9. The summed E-state index contributed by atoms with van der Waals surface area (Å²) in [5, 5.41) is 80.0. The van der Waals surface area contributed by atoms with Crippen LogP contribution in [0.2, 0.25) is 0 Å². The Morgan fingerprint density at radius 1 is 0.963 bits per heavy atom. The van der Waals surface area contributed by atoms with Crippen molar-refractivity contribution in [2.75, 3.05) is 19.8 Å². The molecule has 0 aromatic heterocycles. The van der Waals surface area contributed by atoms with Crippen LogP contribution in [0, 0.1) is 0 Å². The quantitative estimate of drug-likeness (QED) is 0.151. The van der Waals surface area contributed by atoms with E-state index in [1.54, 1.807) is 0 Å². The molecule has 0 aromatic rings. The minimum atomic E-state index is -2.67. The summed E-state index contributed by atoms with van der Waals surface area (Å²) in [5.41, 5.74) is 0. The van der Waals surface area contributed by atoms with E-state index < -0.39 is 79.9 Å². The van der Waals surface area contributed by atoms with E-state index in [1.807, 2.05) is 0 Å². The van der Waals surface area contributed by atoms with Crippen molar-refractivity contribution in [3.05, 3.63) is 12.7 Å². The van der Waals surface area contributed by atoms with Gasteiger partial charge in [-0.1, -0.05) is 6.08 Å². The van der Waals surface area contributed by atoms with E-state index in [4.69, 9.17) is 18.9 Å². The Morgan fingerprint density at radius 2 is 1.59 bits per heavy atom. The molecule has 12 nitrogen and oxygen atoms in total. The van der Waals surface area contributed by atoms with Gasteiger partial charge in [0, 0.05) is 6.42 Å². The van der Waals surface area contributed by atoms with Gasteiger partial charge >= 0.3 is 0 Å². The fourth-order valence-corrected chi connectivity index (χ4v) is 3.63. The Bertz CT molecular complexity index is 589. The molecule has 0 bridgehead atoms. The first-order chi connectivity index (χ1) is 12.6. The first-order valence-corrected chi connectivity index (χ1v) is 8.28. The predicted molar refractivity (Wildman–Crippen MR) is 81.4 cm³/mol. The Kier molecular flexibility index (Phi) is 5.17. The molecule has 0 saturated carbocycles. The summed E-state index contributed by atoms with van der Waals surface area (Å²) in [6.07, 6.45) is -7.41. The zero-order valence-electron chi connectivity index (χ0n) is 14.2. The van der Waals surface area contributed by atoms with Gasteiger partial charge in [0.1, 0.15) is 37.1 Å². The smallest absolute Gasteiger partial charge is 0.283 e. The average Bonchev–Trinajstić information content (AvgIpc) is 3.17. The fraction of sp³-hybridized carbons (Fsp3) is 0.867. The van der Waals surface area contributed by atoms with Crippen molar-refractivity contribution in [2.24, 2.45) is 0 Å². The van der Waals surface area contributed by atoms with Crippen molar-refractivity contribution in [3.63, 3.8) is 0 Å². The lowest BCUT2D eigenvalue weighted by atomic mass is 9.90. The van der Waals surface area contributed by atoms with Crippen LogP contribution in [0.1, 0.15) is 6.42 Å². The third-order valence-corrected chi connectivity index (χ3v) is 5.20. The topological polar surface area (TPSA) is 202 Å². The molecule has 12 heteroatoms. The van der Waals surface area contributed by atoms with E-state index in [0.717, 1.165) is 0 Å². The lowest BCUT2D eigenvalue weighted by Gasteiger charge is -2.47. The molecule has 8 N–H and O–H groups in total. The molecule has 9 atom stereocenters. The summed E-state index contributed by atoms with van der Waals surface area (Å²) in [7, 11) is 0. The van der Waals surface area contributed by atoms with Crippen LogP contribution in [0.25, 0.3) is 0 Å². The van der Waals surface area contributed by atoms with Gasteiger partial charge in [-0.15, -0.1) is 6.58 Å². The van der Waals surface area contributed by atoms with E-state index in [0.29, 0.717) is 0 Å². The maximum atomic E-state index is 10.7. The lowest BCUT2D eigenvalue weighted by Crippen LogP contribution is -2.69. The molecule has 3 saturated heterocycles. The van der Waals surface area contributed by atoms with Crippen molar-refractivity contribution < 1.29 is 59.8 Å². The zero-order valence-corrected chi connectivity index (χ0v) is 14.2. The predicted octanol–water partition coefficient (Wildman–Crippen LogP) is -4.76. The molecule has 3 aliphatic heterocycles. The number of aliphatic hydroxyl groups is 8. The highest BCUT2D eigenvalue weighted by Crippen LogP contribution is 2.61. The van der Waals surface area contributed by atoms with Crippen molar-refractivity contribution in [1.29, 1.82) is 0 Å². The van der Waals surface area contributed by atoms with Crippen LogP contribution < -0.4 is 0 Å². The number of rotatable bonds is 7. The SMILES string of the molecule is C=CC[C@@]1(OC2(CO)O[C@H](CO)[C@@H](O)[C@@H]2O)O[C@H](CO)[C@@H](O)[C@@]2(O)O[C@]12O. The molecular formula is C15H24O12. The van der Waals surface area contributed by atoms with Crippen LogP contribution in [0.3, 0.4) is 0 Å². The summed E-state index contributed by atoms with van der Waals surface area (Å²) in [6.45, 7) is 0.902. The average molecular weight is 396 g/mol. The number of hydrogen-bond acceptors (Lipinski definition) is 12. The Labute approximate surface area is 153 Å². The first kappa shape index (κ1) is 21.0.